The first-order valence-electron chi connectivity index (χ1n) is 7.80. The summed E-state index contributed by atoms with van der Waals surface area (Å²) in [4.78, 5) is 16.2. The zero-order chi connectivity index (χ0) is 16.4. The van der Waals surface area contributed by atoms with Crippen molar-refractivity contribution >= 4 is 17.5 Å². The van der Waals surface area contributed by atoms with Gasteiger partial charge in [0.25, 0.3) is 5.92 Å². The molecule has 3 rings (SSSR count). The van der Waals surface area contributed by atoms with Gasteiger partial charge in [-0.05, 0) is 11.6 Å². The Morgan fingerprint density at radius 2 is 1.96 bits per heavy atom. The summed E-state index contributed by atoms with van der Waals surface area (Å²) in [5.41, 5.74) is 1.06. The minimum atomic E-state index is -2.77. The van der Waals surface area contributed by atoms with Gasteiger partial charge < -0.3 is 4.90 Å². The first-order valence-corrected chi connectivity index (χ1v) is 8.18. The molecule has 1 unspecified atom stereocenters. The summed E-state index contributed by atoms with van der Waals surface area (Å²) < 4.78 is 26.4. The maximum atomic E-state index is 13.2. The molecule has 2 saturated heterocycles. The Labute approximate surface area is 139 Å². The standard InChI is InChI=1S/C16H20ClF2N3O/c17-13-4-2-1-3-12(13)10-21-5-7-22(8-6-21)15(23)14-9-16(18,19)11-20-14/h1-4,14,20H,5-11H2. The Morgan fingerprint density at radius 1 is 1.26 bits per heavy atom. The summed E-state index contributed by atoms with van der Waals surface area (Å²) in [7, 11) is 0. The number of amides is 1. The number of halogens is 3. The molecule has 7 heteroatoms. The Bertz CT molecular complexity index is 576. The second-order valence-corrected chi connectivity index (χ2v) is 6.59. The van der Waals surface area contributed by atoms with Gasteiger partial charge in [-0.15, -0.1) is 0 Å². The highest BCUT2D eigenvalue weighted by Crippen LogP contribution is 2.26. The number of hydrogen-bond acceptors (Lipinski definition) is 3. The zero-order valence-electron chi connectivity index (χ0n) is 12.8. The molecule has 0 spiro atoms. The molecule has 1 amide bonds. The van der Waals surface area contributed by atoms with E-state index in [2.05, 4.69) is 10.2 Å². The lowest BCUT2D eigenvalue weighted by molar-refractivity contribution is -0.135. The van der Waals surface area contributed by atoms with Gasteiger partial charge >= 0.3 is 0 Å². The van der Waals surface area contributed by atoms with Crippen LogP contribution in [0.15, 0.2) is 24.3 Å². The maximum Gasteiger partial charge on any atom is 0.262 e. The van der Waals surface area contributed by atoms with Crippen molar-refractivity contribution in [1.29, 1.82) is 0 Å². The first-order chi connectivity index (χ1) is 10.9. The van der Waals surface area contributed by atoms with Crippen molar-refractivity contribution in [3.05, 3.63) is 34.9 Å². The number of nitrogens with one attached hydrogen (secondary N) is 1. The molecule has 4 nitrogen and oxygen atoms in total. The lowest BCUT2D eigenvalue weighted by Gasteiger charge is -2.36. The van der Waals surface area contributed by atoms with Crippen LogP contribution in [0.25, 0.3) is 0 Å². The third-order valence-corrected chi connectivity index (χ3v) is 4.81. The van der Waals surface area contributed by atoms with Gasteiger partial charge in [0.2, 0.25) is 5.91 Å². The van der Waals surface area contributed by atoms with Gasteiger partial charge in [0.05, 0.1) is 12.6 Å². The summed E-state index contributed by atoms with van der Waals surface area (Å²) >= 11 is 6.16. The number of benzene rings is 1. The van der Waals surface area contributed by atoms with Gasteiger partial charge in [0.15, 0.2) is 0 Å². The number of nitrogens with zero attached hydrogens (tertiary/aromatic N) is 2. The summed E-state index contributed by atoms with van der Waals surface area (Å²) in [6, 6.07) is 6.95. The largest absolute Gasteiger partial charge is 0.339 e. The second kappa shape index (κ2) is 6.71. The highest BCUT2D eigenvalue weighted by molar-refractivity contribution is 6.31. The Kier molecular flexibility index (Phi) is 4.85. The molecule has 2 heterocycles. The number of rotatable bonds is 3. The molecule has 2 fully saturated rings. The average Bonchev–Trinajstić information content (AvgIpc) is 2.90. The van der Waals surface area contributed by atoms with Crippen molar-refractivity contribution in [1.82, 2.24) is 15.1 Å². The van der Waals surface area contributed by atoms with Gasteiger partial charge in [-0.25, -0.2) is 8.78 Å². The normalized spacial score (nSPS) is 24.8. The smallest absolute Gasteiger partial charge is 0.262 e. The molecule has 0 radical (unpaired) electrons. The van der Waals surface area contributed by atoms with Crippen LogP contribution < -0.4 is 5.32 Å². The van der Waals surface area contributed by atoms with Gasteiger partial charge in [-0.3, -0.25) is 15.0 Å². The maximum absolute atomic E-state index is 13.2. The number of carbonyl (C=O) groups excluding carboxylic acids is 1. The molecule has 1 N–H and O–H groups in total. The minimum absolute atomic E-state index is 0.209. The summed E-state index contributed by atoms with van der Waals surface area (Å²) in [5, 5.41) is 3.37. The third-order valence-electron chi connectivity index (χ3n) is 4.44. The third kappa shape index (κ3) is 4.00. The molecule has 126 valence electrons. The Hall–Kier alpha value is -1.24. The fraction of sp³-hybridized carbons (Fsp3) is 0.562. The molecule has 0 saturated carbocycles. The average molecular weight is 344 g/mol. The van der Waals surface area contributed by atoms with Crippen molar-refractivity contribution in [2.75, 3.05) is 32.7 Å². The van der Waals surface area contributed by atoms with Crippen LogP contribution in [0.3, 0.4) is 0 Å². The molecular weight excluding hydrogens is 324 g/mol. The van der Waals surface area contributed by atoms with E-state index in [4.69, 9.17) is 11.6 Å². The summed E-state index contributed by atoms with van der Waals surface area (Å²) in [6.45, 7) is 2.90. The van der Waals surface area contributed by atoms with Crippen molar-refractivity contribution in [3.8, 4) is 0 Å². The minimum Gasteiger partial charge on any atom is -0.339 e. The molecule has 1 atom stereocenters. The molecule has 2 aliphatic heterocycles. The van der Waals surface area contributed by atoms with Crippen LogP contribution in [0.1, 0.15) is 12.0 Å². The lowest BCUT2D eigenvalue weighted by Crippen LogP contribution is -2.52. The summed E-state index contributed by atoms with van der Waals surface area (Å²) in [5.74, 6) is -2.98. The van der Waals surface area contributed by atoms with Crippen molar-refractivity contribution < 1.29 is 13.6 Å². The van der Waals surface area contributed by atoms with E-state index >= 15 is 0 Å². The highest BCUT2D eigenvalue weighted by Gasteiger charge is 2.43. The van der Waals surface area contributed by atoms with Gasteiger partial charge in [-0.2, -0.15) is 0 Å². The molecule has 0 aromatic heterocycles. The van der Waals surface area contributed by atoms with Crippen LogP contribution in [-0.2, 0) is 11.3 Å². The number of alkyl halides is 2. The molecule has 0 aliphatic carbocycles. The molecule has 0 bridgehead atoms. The van der Waals surface area contributed by atoms with E-state index in [1.165, 1.54) is 0 Å². The second-order valence-electron chi connectivity index (χ2n) is 6.19. The monoisotopic (exact) mass is 343 g/mol. The zero-order valence-corrected chi connectivity index (χ0v) is 13.5. The predicted molar refractivity (Wildman–Crippen MR) is 84.7 cm³/mol. The van der Waals surface area contributed by atoms with E-state index in [0.717, 1.165) is 30.2 Å². The highest BCUT2D eigenvalue weighted by atomic mass is 35.5. The van der Waals surface area contributed by atoms with E-state index < -0.39 is 24.9 Å². The SMILES string of the molecule is O=C(C1CC(F)(F)CN1)N1CCN(Cc2ccccc2Cl)CC1. The Morgan fingerprint density at radius 3 is 2.57 bits per heavy atom. The Balaban J connectivity index is 1.51. The molecule has 2 aliphatic rings. The van der Waals surface area contributed by atoms with E-state index in [0.29, 0.717) is 13.1 Å². The topological polar surface area (TPSA) is 35.6 Å². The molecule has 1 aromatic rings. The van der Waals surface area contributed by atoms with E-state index in [-0.39, 0.29) is 5.91 Å². The van der Waals surface area contributed by atoms with Crippen LogP contribution in [0.4, 0.5) is 8.78 Å². The van der Waals surface area contributed by atoms with Gasteiger partial charge in [-0.1, -0.05) is 29.8 Å². The number of hydrogen-bond donors (Lipinski definition) is 1. The fourth-order valence-corrected chi connectivity index (χ4v) is 3.30. The van der Waals surface area contributed by atoms with Crippen LogP contribution >= 0.6 is 11.6 Å². The van der Waals surface area contributed by atoms with Crippen LogP contribution in [0.5, 0.6) is 0 Å². The van der Waals surface area contributed by atoms with Crippen molar-refractivity contribution in [3.63, 3.8) is 0 Å². The molecular formula is C16H20ClF2N3O. The van der Waals surface area contributed by atoms with Crippen LogP contribution in [0.2, 0.25) is 5.02 Å². The van der Waals surface area contributed by atoms with E-state index in [1.54, 1.807) is 4.90 Å². The first kappa shape index (κ1) is 16.6. The van der Waals surface area contributed by atoms with Gasteiger partial charge in [0.1, 0.15) is 0 Å². The summed E-state index contributed by atoms with van der Waals surface area (Å²) in [6.07, 6.45) is -0.397. The van der Waals surface area contributed by atoms with Crippen LogP contribution in [0, 0.1) is 0 Å². The fourth-order valence-electron chi connectivity index (χ4n) is 3.10. The molecule has 1 aromatic carbocycles. The number of piperazine rings is 1. The quantitative estimate of drug-likeness (QED) is 0.911. The van der Waals surface area contributed by atoms with E-state index in [9.17, 15) is 13.6 Å². The van der Waals surface area contributed by atoms with Crippen molar-refractivity contribution in [2.45, 2.75) is 24.9 Å². The lowest BCUT2D eigenvalue weighted by atomic mass is 10.1. The predicted octanol–water partition coefficient (Wildman–Crippen LogP) is 1.98. The van der Waals surface area contributed by atoms with Crippen molar-refractivity contribution in [2.24, 2.45) is 0 Å². The number of carbonyl (C=O) groups is 1. The molecule has 23 heavy (non-hydrogen) atoms. The van der Waals surface area contributed by atoms with E-state index in [1.807, 2.05) is 24.3 Å². The van der Waals surface area contributed by atoms with Gasteiger partial charge in [0, 0.05) is 44.2 Å². The van der Waals surface area contributed by atoms with Crippen LogP contribution in [-0.4, -0.2) is 60.4 Å².